The third kappa shape index (κ3) is 3.64. The highest BCUT2D eigenvalue weighted by atomic mass is 32.2. The Balaban J connectivity index is 1.90. The Morgan fingerprint density at radius 3 is 2.31 bits per heavy atom. The molecule has 0 amide bonds. The van der Waals surface area contributed by atoms with Crippen LogP contribution >= 0.6 is 0 Å². The first-order valence-electron chi connectivity index (χ1n) is 6.81. The van der Waals surface area contributed by atoms with Gasteiger partial charge in [0, 0.05) is 0 Å². The molecule has 0 aliphatic rings. The van der Waals surface area contributed by atoms with Gasteiger partial charge < -0.3 is 4.18 Å². The minimum Gasteiger partial charge on any atom is -0.379 e. The average Bonchev–Trinajstić information content (AvgIpc) is 3.09. The molecule has 0 atom stereocenters. The first-order valence-corrected chi connectivity index (χ1v) is 8.22. The van der Waals surface area contributed by atoms with Gasteiger partial charge in [-0.2, -0.15) is 21.6 Å². The van der Waals surface area contributed by atoms with Gasteiger partial charge in [-0.25, -0.2) is 9.07 Å². The zero-order valence-electron chi connectivity index (χ0n) is 12.6. The van der Waals surface area contributed by atoms with Crippen molar-refractivity contribution in [2.45, 2.75) is 11.1 Å². The van der Waals surface area contributed by atoms with Crippen LogP contribution in [-0.2, 0) is 16.3 Å². The molecule has 0 N–H and O–H groups in total. The number of halogens is 4. The molecule has 12 heteroatoms. The van der Waals surface area contributed by atoms with Crippen LogP contribution < -0.4 is 4.18 Å². The second-order valence-corrected chi connectivity index (χ2v) is 6.44. The van der Waals surface area contributed by atoms with Gasteiger partial charge in [0.25, 0.3) is 0 Å². The van der Waals surface area contributed by atoms with E-state index in [0.717, 1.165) is 0 Å². The monoisotopic (exact) mass is 388 g/mol. The van der Waals surface area contributed by atoms with Gasteiger partial charge in [0.1, 0.15) is 22.8 Å². The summed E-state index contributed by atoms with van der Waals surface area (Å²) in [6, 6.07) is 6.29. The van der Waals surface area contributed by atoms with Crippen molar-refractivity contribution in [1.29, 1.82) is 0 Å². The highest BCUT2D eigenvalue weighted by molar-refractivity contribution is 7.87. The van der Waals surface area contributed by atoms with E-state index in [1.807, 2.05) is 0 Å². The number of alkyl halides is 3. The molecule has 0 fully saturated rings. The lowest BCUT2D eigenvalue weighted by molar-refractivity contribution is -0.137. The molecule has 0 radical (unpaired) electrons. The maximum atomic E-state index is 13.8. The van der Waals surface area contributed by atoms with E-state index in [-0.39, 0.29) is 11.8 Å². The first kappa shape index (κ1) is 17.8. The van der Waals surface area contributed by atoms with Crippen LogP contribution in [0.1, 0.15) is 5.56 Å². The fraction of sp³-hybridized carbons (Fsp3) is 0.0714. The summed E-state index contributed by atoms with van der Waals surface area (Å²) >= 11 is 0. The van der Waals surface area contributed by atoms with Crippen molar-refractivity contribution in [2.75, 3.05) is 0 Å². The van der Waals surface area contributed by atoms with E-state index < -0.39 is 32.6 Å². The number of nitrogens with zero attached hydrogens (tertiary/aromatic N) is 4. The van der Waals surface area contributed by atoms with Crippen LogP contribution in [0.15, 0.2) is 53.7 Å². The summed E-state index contributed by atoms with van der Waals surface area (Å²) in [4.78, 5) is -1.21. The van der Waals surface area contributed by atoms with Crippen molar-refractivity contribution in [3.05, 3.63) is 60.2 Å². The van der Waals surface area contributed by atoms with E-state index in [9.17, 15) is 26.0 Å². The zero-order chi connectivity index (χ0) is 18.9. The van der Waals surface area contributed by atoms with Crippen LogP contribution in [-0.4, -0.2) is 28.6 Å². The third-order valence-corrected chi connectivity index (χ3v) is 4.45. The zero-order valence-corrected chi connectivity index (χ0v) is 13.4. The highest BCUT2D eigenvalue weighted by Crippen LogP contribution is 2.32. The molecular formula is C14H8F4N4O3S. The van der Waals surface area contributed by atoms with Crippen LogP contribution in [0.25, 0.3) is 5.69 Å². The van der Waals surface area contributed by atoms with Crippen LogP contribution in [0.2, 0.25) is 0 Å². The van der Waals surface area contributed by atoms with Crippen molar-refractivity contribution >= 4 is 10.1 Å². The number of aromatic nitrogens is 4. The quantitative estimate of drug-likeness (QED) is 0.504. The lowest BCUT2D eigenvalue weighted by Gasteiger charge is -2.11. The maximum Gasteiger partial charge on any atom is 0.416 e. The van der Waals surface area contributed by atoms with E-state index >= 15 is 0 Å². The SMILES string of the molecule is O=S(=O)(Oc1ccc(-n2cnnn2)cc1)c1cc(C(F)(F)F)ccc1F. The average molecular weight is 388 g/mol. The van der Waals surface area contributed by atoms with E-state index in [1.54, 1.807) is 0 Å². The number of benzene rings is 2. The maximum absolute atomic E-state index is 13.8. The summed E-state index contributed by atoms with van der Waals surface area (Å²) in [5.41, 5.74) is -0.833. The van der Waals surface area contributed by atoms with Crippen molar-refractivity contribution < 1.29 is 30.2 Å². The molecule has 3 aromatic rings. The number of hydrogen-bond donors (Lipinski definition) is 0. The van der Waals surface area contributed by atoms with Gasteiger partial charge in [0.15, 0.2) is 0 Å². The van der Waals surface area contributed by atoms with Gasteiger partial charge in [0.05, 0.1) is 11.3 Å². The largest absolute Gasteiger partial charge is 0.416 e. The van der Waals surface area contributed by atoms with Gasteiger partial charge in [0.2, 0.25) is 0 Å². The molecule has 0 bridgehead atoms. The summed E-state index contributed by atoms with van der Waals surface area (Å²) in [5.74, 6) is -1.58. The van der Waals surface area contributed by atoms with Crippen LogP contribution in [0.5, 0.6) is 5.75 Å². The summed E-state index contributed by atoms with van der Waals surface area (Å²) in [5, 5.41) is 10.5. The summed E-state index contributed by atoms with van der Waals surface area (Å²) in [6.45, 7) is 0. The van der Waals surface area contributed by atoms with Crippen molar-refractivity contribution in [3.63, 3.8) is 0 Å². The molecular weight excluding hydrogens is 380 g/mol. The number of rotatable bonds is 4. The number of tetrazole rings is 1. The molecule has 26 heavy (non-hydrogen) atoms. The van der Waals surface area contributed by atoms with E-state index in [2.05, 4.69) is 15.5 Å². The Labute approximate surface area is 144 Å². The van der Waals surface area contributed by atoms with E-state index in [1.165, 1.54) is 35.3 Å². The molecule has 0 saturated heterocycles. The second kappa shape index (κ2) is 6.37. The summed E-state index contributed by atoms with van der Waals surface area (Å²) in [7, 11) is -4.82. The van der Waals surface area contributed by atoms with E-state index in [0.29, 0.717) is 17.8 Å². The minimum absolute atomic E-state index is 0.181. The molecule has 2 aromatic carbocycles. The van der Waals surface area contributed by atoms with Gasteiger partial charge in [-0.3, -0.25) is 0 Å². The predicted octanol–water partition coefficient (Wildman–Crippen LogP) is 2.59. The Kier molecular flexibility index (Phi) is 4.36. The fourth-order valence-corrected chi connectivity index (χ4v) is 3.01. The molecule has 136 valence electrons. The topological polar surface area (TPSA) is 87.0 Å². The van der Waals surface area contributed by atoms with Gasteiger partial charge in [-0.05, 0) is 52.9 Å². The Hall–Kier alpha value is -3.02. The molecule has 1 heterocycles. The predicted molar refractivity (Wildman–Crippen MR) is 78.4 cm³/mol. The molecule has 0 unspecified atom stereocenters. The van der Waals surface area contributed by atoms with Crippen LogP contribution in [0, 0.1) is 5.82 Å². The molecule has 3 rings (SSSR count). The Bertz CT molecular complexity index is 1020. The third-order valence-electron chi connectivity index (χ3n) is 3.18. The van der Waals surface area contributed by atoms with Crippen molar-refractivity contribution in [3.8, 4) is 11.4 Å². The summed E-state index contributed by atoms with van der Waals surface area (Å²) in [6.07, 6.45) is -3.53. The highest BCUT2D eigenvalue weighted by Gasteiger charge is 2.33. The van der Waals surface area contributed by atoms with Gasteiger partial charge >= 0.3 is 16.3 Å². The van der Waals surface area contributed by atoms with Crippen LogP contribution in [0.4, 0.5) is 17.6 Å². The fourth-order valence-electron chi connectivity index (χ4n) is 1.98. The van der Waals surface area contributed by atoms with Gasteiger partial charge in [-0.15, -0.1) is 5.10 Å². The lowest BCUT2D eigenvalue weighted by Crippen LogP contribution is -2.14. The molecule has 0 saturated carbocycles. The van der Waals surface area contributed by atoms with Crippen molar-refractivity contribution in [2.24, 2.45) is 0 Å². The standard InChI is InChI=1S/C14H8F4N4O3S/c15-12-6-1-9(14(16,17)18)7-13(12)26(23,24)25-11-4-2-10(3-5-11)22-8-19-20-21-22/h1-8H. The lowest BCUT2D eigenvalue weighted by atomic mass is 10.2. The van der Waals surface area contributed by atoms with Gasteiger partial charge in [-0.1, -0.05) is 0 Å². The molecule has 0 aliphatic carbocycles. The number of hydrogen-bond acceptors (Lipinski definition) is 6. The molecule has 7 nitrogen and oxygen atoms in total. The molecule has 0 aliphatic heterocycles. The minimum atomic E-state index is -4.83. The second-order valence-electron chi connectivity index (χ2n) is 4.93. The molecule has 1 aromatic heterocycles. The normalized spacial score (nSPS) is 12.2. The smallest absolute Gasteiger partial charge is 0.379 e. The van der Waals surface area contributed by atoms with Crippen molar-refractivity contribution in [1.82, 2.24) is 20.2 Å². The first-order chi connectivity index (χ1) is 12.2. The Morgan fingerprint density at radius 2 is 1.73 bits per heavy atom. The molecule has 0 spiro atoms. The van der Waals surface area contributed by atoms with Crippen LogP contribution in [0.3, 0.4) is 0 Å². The summed E-state index contributed by atoms with van der Waals surface area (Å²) < 4.78 is 82.2. The Morgan fingerprint density at radius 1 is 1.04 bits per heavy atom. The van der Waals surface area contributed by atoms with E-state index in [4.69, 9.17) is 4.18 Å².